The molecule has 164 valence electrons. The van der Waals surface area contributed by atoms with Gasteiger partial charge >= 0.3 is 5.69 Å². The minimum absolute atomic E-state index is 0.0589. The Hall–Kier alpha value is -2.98. The lowest BCUT2D eigenvalue weighted by molar-refractivity contribution is 0.0552. The lowest BCUT2D eigenvalue weighted by Gasteiger charge is -2.43. The van der Waals surface area contributed by atoms with Gasteiger partial charge < -0.3 is 14.2 Å². The molecule has 3 aromatic heterocycles. The van der Waals surface area contributed by atoms with Crippen molar-refractivity contribution in [3.05, 3.63) is 61.4 Å². The second kappa shape index (κ2) is 7.31. The van der Waals surface area contributed by atoms with Crippen LogP contribution in [0, 0.1) is 5.92 Å². The maximum Gasteiger partial charge on any atom is 0.332 e. The summed E-state index contributed by atoms with van der Waals surface area (Å²) in [7, 11) is 3.01. The number of β-amino-alcohol motifs (C(OH)–C–C–N with tert-alkyl or cyclic N) is 1. The van der Waals surface area contributed by atoms with Crippen LogP contribution in [0.1, 0.15) is 18.0 Å². The number of aromatic nitrogens is 5. The van der Waals surface area contributed by atoms with Crippen LogP contribution in [-0.4, -0.2) is 59.0 Å². The van der Waals surface area contributed by atoms with Crippen molar-refractivity contribution in [2.24, 2.45) is 20.0 Å². The summed E-state index contributed by atoms with van der Waals surface area (Å²) in [6, 6.07) is 5.46. The Labute approximate surface area is 177 Å². The number of aliphatic hydroxyl groups excluding tert-OH is 1. The summed E-state index contributed by atoms with van der Waals surface area (Å²) in [6.45, 7) is 3.02. The van der Waals surface area contributed by atoms with E-state index in [1.165, 1.54) is 17.9 Å². The Bertz CT molecular complexity index is 1330. The third-order valence-electron chi connectivity index (χ3n) is 6.65. The SMILES string of the molecule is Cn1c(=O)c2c(ncn2CC(O)CN2CC3CC(C2)c2cccc(=O)n2C3)n(C)c1=O. The summed E-state index contributed by atoms with van der Waals surface area (Å²) >= 11 is 0. The summed E-state index contributed by atoms with van der Waals surface area (Å²) in [6.07, 6.45) is 1.87. The van der Waals surface area contributed by atoms with Gasteiger partial charge in [0.1, 0.15) is 0 Å². The van der Waals surface area contributed by atoms with Gasteiger partial charge in [-0.3, -0.25) is 23.6 Å². The number of fused-ring (bicyclic) bond motifs is 5. The molecule has 3 atom stereocenters. The summed E-state index contributed by atoms with van der Waals surface area (Å²) in [5.41, 5.74) is 0.916. The van der Waals surface area contributed by atoms with E-state index in [1.54, 1.807) is 17.7 Å². The standard InChI is InChI=1S/C21H26N6O4/c1-23-19-18(20(30)24(2)21(23)31)26(12-22-19)11-15(28)10-25-7-13-6-14(9-25)16-4-3-5-17(29)27(16)8-13/h3-5,12-15,28H,6-11H2,1-2H3. The minimum Gasteiger partial charge on any atom is -0.390 e. The highest BCUT2D eigenvalue weighted by atomic mass is 16.3. The van der Waals surface area contributed by atoms with Crippen molar-refractivity contribution in [1.29, 1.82) is 0 Å². The van der Waals surface area contributed by atoms with Gasteiger partial charge in [0.15, 0.2) is 11.2 Å². The first-order chi connectivity index (χ1) is 14.8. The normalized spacial score (nSPS) is 21.9. The van der Waals surface area contributed by atoms with Gasteiger partial charge in [0.2, 0.25) is 0 Å². The van der Waals surface area contributed by atoms with Crippen LogP contribution in [0.25, 0.3) is 11.2 Å². The van der Waals surface area contributed by atoms with Gasteiger partial charge in [0.25, 0.3) is 11.1 Å². The Morgan fingerprint density at radius 1 is 1.10 bits per heavy atom. The number of likely N-dealkylation sites (tertiary alicyclic amines) is 1. The molecule has 5 rings (SSSR count). The smallest absolute Gasteiger partial charge is 0.332 e. The summed E-state index contributed by atoms with van der Waals surface area (Å²) in [5.74, 6) is 0.666. The molecule has 2 bridgehead atoms. The predicted octanol–water partition coefficient (Wildman–Crippen LogP) is -0.924. The van der Waals surface area contributed by atoms with Gasteiger partial charge in [0.05, 0.1) is 19.0 Å². The zero-order valence-electron chi connectivity index (χ0n) is 17.6. The highest BCUT2D eigenvalue weighted by Crippen LogP contribution is 2.34. The molecule has 0 radical (unpaired) electrons. The molecule has 0 aromatic carbocycles. The molecule has 0 aliphatic carbocycles. The summed E-state index contributed by atoms with van der Waals surface area (Å²) in [4.78, 5) is 43.4. The predicted molar refractivity (Wildman–Crippen MR) is 114 cm³/mol. The van der Waals surface area contributed by atoms with Crippen molar-refractivity contribution in [2.75, 3.05) is 19.6 Å². The lowest BCUT2D eigenvalue weighted by Crippen LogP contribution is -2.49. The molecule has 5 heterocycles. The van der Waals surface area contributed by atoms with E-state index in [4.69, 9.17) is 0 Å². The fourth-order valence-corrected chi connectivity index (χ4v) is 5.26. The zero-order valence-corrected chi connectivity index (χ0v) is 17.6. The highest BCUT2D eigenvalue weighted by Gasteiger charge is 2.35. The van der Waals surface area contributed by atoms with Crippen molar-refractivity contribution in [3.8, 4) is 0 Å². The largest absolute Gasteiger partial charge is 0.390 e. The van der Waals surface area contributed by atoms with Gasteiger partial charge in [-0.2, -0.15) is 0 Å². The second-order valence-corrected chi connectivity index (χ2v) is 8.85. The molecule has 31 heavy (non-hydrogen) atoms. The molecule has 3 unspecified atom stereocenters. The molecule has 1 saturated heterocycles. The maximum atomic E-state index is 12.6. The molecule has 0 saturated carbocycles. The van der Waals surface area contributed by atoms with E-state index in [0.717, 1.165) is 29.8 Å². The molecule has 0 amide bonds. The van der Waals surface area contributed by atoms with Crippen molar-refractivity contribution < 1.29 is 5.11 Å². The Morgan fingerprint density at radius 3 is 2.71 bits per heavy atom. The Balaban J connectivity index is 1.34. The van der Waals surface area contributed by atoms with Gasteiger partial charge in [-0.25, -0.2) is 9.78 Å². The lowest BCUT2D eigenvalue weighted by atomic mass is 9.83. The minimum atomic E-state index is -0.698. The van der Waals surface area contributed by atoms with Crippen LogP contribution in [0.4, 0.5) is 0 Å². The molecule has 10 nitrogen and oxygen atoms in total. The van der Waals surface area contributed by atoms with Crippen LogP contribution in [0.3, 0.4) is 0 Å². The van der Waals surface area contributed by atoms with Crippen LogP contribution in [0.5, 0.6) is 0 Å². The van der Waals surface area contributed by atoms with E-state index >= 15 is 0 Å². The highest BCUT2D eigenvalue weighted by molar-refractivity contribution is 5.69. The molecule has 2 aliphatic rings. The summed E-state index contributed by atoms with van der Waals surface area (Å²) in [5, 5.41) is 10.8. The number of pyridine rings is 1. The van der Waals surface area contributed by atoms with Crippen LogP contribution in [0.2, 0.25) is 0 Å². The average molecular weight is 426 g/mol. The van der Waals surface area contributed by atoms with E-state index in [2.05, 4.69) is 9.88 Å². The van der Waals surface area contributed by atoms with Crippen molar-refractivity contribution in [1.82, 2.24) is 28.2 Å². The Morgan fingerprint density at radius 2 is 1.90 bits per heavy atom. The van der Waals surface area contributed by atoms with Gasteiger partial charge in [-0.1, -0.05) is 6.07 Å². The zero-order chi connectivity index (χ0) is 21.9. The first kappa shape index (κ1) is 20.0. The van der Waals surface area contributed by atoms with Crippen LogP contribution < -0.4 is 16.8 Å². The topological polar surface area (TPSA) is 107 Å². The molecular weight excluding hydrogens is 400 g/mol. The first-order valence-electron chi connectivity index (χ1n) is 10.5. The molecule has 2 aliphatic heterocycles. The van der Waals surface area contributed by atoms with E-state index in [9.17, 15) is 19.5 Å². The number of hydrogen-bond donors (Lipinski definition) is 1. The maximum absolute atomic E-state index is 12.6. The summed E-state index contributed by atoms with van der Waals surface area (Å²) < 4.78 is 5.91. The Kier molecular flexibility index (Phi) is 4.71. The quantitative estimate of drug-likeness (QED) is 0.578. The number of aryl methyl sites for hydroxylation is 1. The van der Waals surface area contributed by atoms with E-state index in [-0.39, 0.29) is 18.0 Å². The van der Waals surface area contributed by atoms with E-state index in [0.29, 0.717) is 30.2 Å². The molecule has 1 N–H and O–H groups in total. The number of piperidine rings is 1. The van der Waals surface area contributed by atoms with Crippen LogP contribution in [0.15, 0.2) is 38.9 Å². The van der Waals surface area contributed by atoms with E-state index in [1.807, 2.05) is 16.7 Å². The van der Waals surface area contributed by atoms with Gasteiger partial charge in [-0.05, 0) is 18.4 Å². The van der Waals surface area contributed by atoms with Crippen molar-refractivity contribution in [3.63, 3.8) is 0 Å². The molecule has 10 heteroatoms. The number of nitrogens with zero attached hydrogens (tertiary/aromatic N) is 6. The molecule has 1 fully saturated rings. The number of aliphatic hydroxyl groups is 1. The van der Waals surface area contributed by atoms with Crippen LogP contribution >= 0.6 is 0 Å². The average Bonchev–Trinajstić information content (AvgIpc) is 3.15. The number of imidazole rings is 1. The van der Waals surface area contributed by atoms with Gasteiger partial charge in [-0.15, -0.1) is 0 Å². The van der Waals surface area contributed by atoms with E-state index < -0.39 is 17.4 Å². The fourth-order valence-electron chi connectivity index (χ4n) is 5.26. The fraction of sp³-hybridized carbons (Fsp3) is 0.524. The van der Waals surface area contributed by atoms with Crippen molar-refractivity contribution >= 4 is 11.2 Å². The van der Waals surface area contributed by atoms with Crippen LogP contribution in [-0.2, 0) is 27.2 Å². The molecule has 3 aromatic rings. The monoisotopic (exact) mass is 426 g/mol. The first-order valence-corrected chi connectivity index (χ1v) is 10.5. The van der Waals surface area contributed by atoms with Crippen molar-refractivity contribution in [2.45, 2.75) is 31.5 Å². The third-order valence-corrected chi connectivity index (χ3v) is 6.65. The second-order valence-electron chi connectivity index (χ2n) is 8.85. The molecular formula is C21H26N6O4. The van der Waals surface area contributed by atoms with Gasteiger partial charge in [0, 0.05) is 58.0 Å². The number of rotatable bonds is 4. The number of hydrogen-bond acceptors (Lipinski definition) is 6. The molecule has 0 spiro atoms. The third kappa shape index (κ3) is 3.26.